The van der Waals surface area contributed by atoms with Gasteiger partial charge in [0.05, 0.1) is 26.4 Å². The molecule has 0 heterocycles. The standard InChI is InChI=1S/C22H32O3/c1-3-22-11-10-18-17-7-5-16(24-2)14-15(17)4-6-19(18)20(22)8-9-21(22)25-13-12-23/h5,7,14,18-21,23H,3-4,6,8-13H2,1-2H3/t18-,19-,20+,21+,22+/m1/s1. The Morgan fingerprint density at radius 3 is 2.84 bits per heavy atom. The van der Waals surface area contributed by atoms with Gasteiger partial charge < -0.3 is 14.6 Å². The molecule has 4 rings (SSSR count). The maximum Gasteiger partial charge on any atom is 0.119 e. The molecule has 1 N–H and O–H groups in total. The van der Waals surface area contributed by atoms with Gasteiger partial charge in [-0.2, -0.15) is 0 Å². The van der Waals surface area contributed by atoms with E-state index in [1.807, 2.05) is 0 Å². The Morgan fingerprint density at radius 1 is 1.20 bits per heavy atom. The Hall–Kier alpha value is -1.06. The SMILES string of the molecule is CC[C@]12CC[C@@H]3c4ccc(OC)cc4CC[C@H]3[C@@H]1CC[C@@H]2OCCO. The fourth-order valence-corrected chi connectivity index (χ4v) is 6.56. The maximum atomic E-state index is 9.18. The van der Waals surface area contributed by atoms with Gasteiger partial charge in [-0.05, 0) is 91.4 Å². The van der Waals surface area contributed by atoms with Gasteiger partial charge in [-0.3, -0.25) is 0 Å². The van der Waals surface area contributed by atoms with E-state index < -0.39 is 0 Å². The lowest BCUT2D eigenvalue weighted by molar-refractivity contribution is -0.0831. The molecule has 25 heavy (non-hydrogen) atoms. The number of hydrogen-bond donors (Lipinski definition) is 1. The molecule has 0 aliphatic heterocycles. The third kappa shape index (κ3) is 2.71. The van der Waals surface area contributed by atoms with Gasteiger partial charge in [-0.1, -0.05) is 13.0 Å². The minimum Gasteiger partial charge on any atom is -0.497 e. The van der Waals surface area contributed by atoms with E-state index in [1.165, 1.54) is 50.5 Å². The Kier molecular flexibility index (Phi) is 4.81. The molecule has 0 bridgehead atoms. The van der Waals surface area contributed by atoms with E-state index in [0.717, 1.165) is 23.5 Å². The van der Waals surface area contributed by atoms with E-state index in [1.54, 1.807) is 12.7 Å². The summed E-state index contributed by atoms with van der Waals surface area (Å²) in [7, 11) is 1.76. The summed E-state index contributed by atoms with van der Waals surface area (Å²) < 4.78 is 11.6. The summed E-state index contributed by atoms with van der Waals surface area (Å²) in [6, 6.07) is 6.73. The summed E-state index contributed by atoms with van der Waals surface area (Å²) in [4.78, 5) is 0. The van der Waals surface area contributed by atoms with E-state index in [9.17, 15) is 5.11 Å². The van der Waals surface area contributed by atoms with Crippen molar-refractivity contribution in [2.45, 2.75) is 63.9 Å². The summed E-state index contributed by atoms with van der Waals surface area (Å²) in [5.41, 5.74) is 3.44. The van der Waals surface area contributed by atoms with Crippen LogP contribution in [0.25, 0.3) is 0 Å². The maximum absolute atomic E-state index is 9.18. The second-order valence-electron chi connectivity index (χ2n) is 8.27. The van der Waals surface area contributed by atoms with Crippen LogP contribution >= 0.6 is 0 Å². The van der Waals surface area contributed by atoms with Crippen LogP contribution in [0.1, 0.15) is 62.5 Å². The Labute approximate surface area is 151 Å². The summed E-state index contributed by atoms with van der Waals surface area (Å²) in [6.45, 7) is 2.99. The van der Waals surface area contributed by atoms with Crippen molar-refractivity contribution in [3.63, 3.8) is 0 Å². The van der Waals surface area contributed by atoms with Crippen LogP contribution < -0.4 is 4.74 Å². The molecule has 0 unspecified atom stereocenters. The van der Waals surface area contributed by atoms with Crippen LogP contribution in [0.2, 0.25) is 0 Å². The molecule has 0 saturated heterocycles. The second-order valence-corrected chi connectivity index (χ2v) is 8.27. The van der Waals surface area contributed by atoms with Gasteiger partial charge in [0.2, 0.25) is 0 Å². The molecule has 3 nitrogen and oxygen atoms in total. The molecule has 3 aliphatic rings. The lowest BCUT2D eigenvalue weighted by atomic mass is 9.54. The van der Waals surface area contributed by atoms with Crippen LogP contribution in [0, 0.1) is 17.3 Å². The van der Waals surface area contributed by atoms with E-state index in [-0.39, 0.29) is 6.61 Å². The lowest BCUT2D eigenvalue weighted by Crippen LogP contribution is -2.46. The minimum absolute atomic E-state index is 0.141. The molecular formula is C22H32O3. The van der Waals surface area contributed by atoms with Crippen LogP contribution in [0.15, 0.2) is 18.2 Å². The van der Waals surface area contributed by atoms with Crippen molar-refractivity contribution in [2.75, 3.05) is 20.3 Å². The van der Waals surface area contributed by atoms with Crippen molar-refractivity contribution in [1.29, 1.82) is 0 Å². The number of aliphatic hydroxyl groups excluding tert-OH is 1. The van der Waals surface area contributed by atoms with Gasteiger partial charge in [0.15, 0.2) is 0 Å². The topological polar surface area (TPSA) is 38.7 Å². The smallest absolute Gasteiger partial charge is 0.119 e. The van der Waals surface area contributed by atoms with Crippen LogP contribution in [0.5, 0.6) is 5.75 Å². The van der Waals surface area contributed by atoms with Crippen LogP contribution in [-0.4, -0.2) is 31.5 Å². The minimum atomic E-state index is 0.141. The molecule has 138 valence electrons. The zero-order valence-corrected chi connectivity index (χ0v) is 15.7. The summed E-state index contributed by atoms with van der Waals surface area (Å²) in [5.74, 6) is 3.30. The molecular weight excluding hydrogens is 312 g/mol. The molecule has 5 atom stereocenters. The van der Waals surface area contributed by atoms with Crippen molar-refractivity contribution in [3.05, 3.63) is 29.3 Å². The monoisotopic (exact) mass is 344 g/mol. The van der Waals surface area contributed by atoms with Gasteiger partial charge in [0, 0.05) is 0 Å². The largest absolute Gasteiger partial charge is 0.497 e. The molecule has 3 aliphatic carbocycles. The molecule has 1 aromatic rings. The van der Waals surface area contributed by atoms with E-state index in [2.05, 4.69) is 25.1 Å². The zero-order chi connectivity index (χ0) is 17.4. The first-order valence-electron chi connectivity index (χ1n) is 10.1. The third-order valence-corrected chi connectivity index (χ3v) is 7.64. The first kappa shape index (κ1) is 17.4. The molecule has 2 fully saturated rings. The Morgan fingerprint density at radius 2 is 2.08 bits per heavy atom. The number of benzene rings is 1. The summed E-state index contributed by atoms with van der Waals surface area (Å²) in [6.07, 6.45) is 9.11. The van der Waals surface area contributed by atoms with Crippen molar-refractivity contribution in [3.8, 4) is 5.75 Å². The second kappa shape index (κ2) is 6.92. The number of aliphatic hydroxyl groups is 1. The van der Waals surface area contributed by atoms with Gasteiger partial charge in [0.1, 0.15) is 5.75 Å². The average molecular weight is 344 g/mol. The quantitative estimate of drug-likeness (QED) is 0.864. The van der Waals surface area contributed by atoms with Gasteiger partial charge >= 0.3 is 0 Å². The van der Waals surface area contributed by atoms with Crippen LogP contribution in [0.3, 0.4) is 0 Å². The lowest BCUT2D eigenvalue weighted by Gasteiger charge is -2.52. The Bertz CT molecular complexity index is 613. The molecule has 2 saturated carbocycles. The van der Waals surface area contributed by atoms with E-state index in [4.69, 9.17) is 9.47 Å². The molecule has 0 spiro atoms. The molecule has 0 amide bonds. The van der Waals surface area contributed by atoms with Crippen molar-refractivity contribution in [1.82, 2.24) is 0 Å². The average Bonchev–Trinajstić information content (AvgIpc) is 3.04. The highest BCUT2D eigenvalue weighted by molar-refractivity contribution is 5.40. The zero-order valence-electron chi connectivity index (χ0n) is 15.7. The predicted octanol–water partition coefficient (Wildman–Crippen LogP) is 4.32. The highest BCUT2D eigenvalue weighted by atomic mass is 16.5. The number of ether oxygens (including phenoxy) is 2. The van der Waals surface area contributed by atoms with Crippen LogP contribution in [-0.2, 0) is 11.2 Å². The predicted molar refractivity (Wildman–Crippen MR) is 99.1 cm³/mol. The number of fused-ring (bicyclic) bond motifs is 5. The highest BCUT2D eigenvalue weighted by Gasteiger charge is 2.56. The van der Waals surface area contributed by atoms with Gasteiger partial charge in [-0.15, -0.1) is 0 Å². The fourth-order valence-electron chi connectivity index (χ4n) is 6.56. The van der Waals surface area contributed by atoms with Crippen molar-refractivity contribution < 1.29 is 14.6 Å². The Balaban J connectivity index is 1.61. The van der Waals surface area contributed by atoms with Gasteiger partial charge in [0.25, 0.3) is 0 Å². The summed E-state index contributed by atoms with van der Waals surface area (Å²) >= 11 is 0. The number of rotatable bonds is 5. The summed E-state index contributed by atoms with van der Waals surface area (Å²) in [5, 5.41) is 9.18. The van der Waals surface area contributed by atoms with Crippen molar-refractivity contribution >= 4 is 0 Å². The molecule has 0 radical (unpaired) electrons. The van der Waals surface area contributed by atoms with Gasteiger partial charge in [-0.25, -0.2) is 0 Å². The van der Waals surface area contributed by atoms with E-state index in [0.29, 0.717) is 18.1 Å². The third-order valence-electron chi connectivity index (χ3n) is 7.64. The highest BCUT2D eigenvalue weighted by Crippen LogP contribution is 2.63. The molecule has 3 heteroatoms. The number of methoxy groups -OCH3 is 1. The fraction of sp³-hybridized carbons (Fsp3) is 0.727. The normalized spacial score (nSPS) is 36.4. The molecule has 0 aromatic heterocycles. The molecule has 1 aromatic carbocycles. The first-order chi connectivity index (χ1) is 12.2. The van der Waals surface area contributed by atoms with Crippen molar-refractivity contribution in [2.24, 2.45) is 17.3 Å². The van der Waals surface area contributed by atoms with E-state index >= 15 is 0 Å². The number of aryl methyl sites for hydroxylation is 1. The first-order valence-corrected chi connectivity index (χ1v) is 10.1. The van der Waals surface area contributed by atoms with Crippen LogP contribution in [0.4, 0.5) is 0 Å². The number of hydrogen-bond acceptors (Lipinski definition) is 3.